The molecule has 0 amide bonds. The zero-order valence-corrected chi connectivity index (χ0v) is 14.0. The van der Waals surface area contributed by atoms with Crippen molar-refractivity contribution in [3.8, 4) is 11.5 Å². The van der Waals surface area contributed by atoms with E-state index in [-0.39, 0.29) is 0 Å². The van der Waals surface area contributed by atoms with Crippen molar-refractivity contribution in [2.45, 2.75) is 20.3 Å². The van der Waals surface area contributed by atoms with Gasteiger partial charge in [-0.1, -0.05) is 35.4 Å². The summed E-state index contributed by atoms with van der Waals surface area (Å²) in [7, 11) is 0. The fourth-order valence-electron chi connectivity index (χ4n) is 2.52. The van der Waals surface area contributed by atoms with E-state index in [0.29, 0.717) is 26.3 Å². The Morgan fingerprint density at radius 1 is 0.739 bits per heavy atom. The van der Waals surface area contributed by atoms with Crippen LogP contribution < -0.4 is 20.9 Å². The highest BCUT2D eigenvalue weighted by Crippen LogP contribution is 2.28. The zero-order valence-electron chi connectivity index (χ0n) is 14.0. The maximum absolute atomic E-state index is 5.78. The van der Waals surface area contributed by atoms with Crippen molar-refractivity contribution in [1.82, 2.24) is 0 Å². The van der Waals surface area contributed by atoms with Gasteiger partial charge in [-0.25, -0.2) is 0 Å². The van der Waals surface area contributed by atoms with E-state index >= 15 is 0 Å². The van der Waals surface area contributed by atoms with Gasteiger partial charge in [0.05, 0.1) is 0 Å². The topological polar surface area (TPSA) is 70.5 Å². The quantitative estimate of drug-likeness (QED) is 0.785. The molecule has 0 unspecified atom stereocenters. The van der Waals surface area contributed by atoms with E-state index in [9.17, 15) is 0 Å². The summed E-state index contributed by atoms with van der Waals surface area (Å²) in [5.74, 6) is 1.76. The van der Waals surface area contributed by atoms with Crippen LogP contribution in [0.3, 0.4) is 0 Å². The van der Waals surface area contributed by atoms with Gasteiger partial charge in [0.15, 0.2) is 0 Å². The molecule has 4 N–H and O–H groups in total. The van der Waals surface area contributed by atoms with Crippen molar-refractivity contribution in [2.75, 3.05) is 26.3 Å². The molecule has 2 aromatic carbocycles. The Morgan fingerprint density at radius 2 is 1.17 bits per heavy atom. The van der Waals surface area contributed by atoms with Crippen LogP contribution in [-0.4, -0.2) is 26.3 Å². The lowest BCUT2D eigenvalue weighted by atomic mass is 10.00. The number of benzene rings is 2. The van der Waals surface area contributed by atoms with Gasteiger partial charge in [0, 0.05) is 19.5 Å². The van der Waals surface area contributed by atoms with E-state index in [1.165, 1.54) is 11.1 Å². The second-order valence-electron chi connectivity index (χ2n) is 5.67. The van der Waals surface area contributed by atoms with Crippen molar-refractivity contribution in [2.24, 2.45) is 11.5 Å². The summed E-state index contributed by atoms with van der Waals surface area (Å²) >= 11 is 0. The van der Waals surface area contributed by atoms with Crippen LogP contribution in [0.5, 0.6) is 11.5 Å². The highest BCUT2D eigenvalue weighted by atomic mass is 16.5. The smallest absolute Gasteiger partial charge is 0.122 e. The normalized spacial score (nSPS) is 10.6. The average Bonchev–Trinajstić information content (AvgIpc) is 2.53. The molecule has 2 rings (SSSR count). The number of ether oxygens (including phenoxy) is 2. The molecule has 0 fully saturated rings. The van der Waals surface area contributed by atoms with Gasteiger partial charge in [0.2, 0.25) is 0 Å². The first-order chi connectivity index (χ1) is 11.1. The largest absolute Gasteiger partial charge is 0.492 e. The molecular weight excluding hydrogens is 288 g/mol. The molecule has 0 aliphatic heterocycles. The number of aryl methyl sites for hydroxylation is 2. The van der Waals surface area contributed by atoms with Gasteiger partial charge in [-0.3, -0.25) is 0 Å². The van der Waals surface area contributed by atoms with Crippen molar-refractivity contribution in [3.63, 3.8) is 0 Å². The van der Waals surface area contributed by atoms with E-state index in [1.807, 2.05) is 12.1 Å². The second-order valence-corrected chi connectivity index (χ2v) is 5.67. The highest BCUT2D eigenvalue weighted by Gasteiger charge is 2.10. The fraction of sp³-hybridized carbons (Fsp3) is 0.368. The predicted molar refractivity (Wildman–Crippen MR) is 94.3 cm³/mol. The van der Waals surface area contributed by atoms with Crippen molar-refractivity contribution in [1.29, 1.82) is 0 Å². The van der Waals surface area contributed by atoms with Gasteiger partial charge < -0.3 is 20.9 Å². The summed E-state index contributed by atoms with van der Waals surface area (Å²) in [6, 6.07) is 12.4. The molecule has 23 heavy (non-hydrogen) atoms. The van der Waals surface area contributed by atoms with Crippen LogP contribution in [0.25, 0.3) is 0 Å². The van der Waals surface area contributed by atoms with E-state index in [4.69, 9.17) is 20.9 Å². The monoisotopic (exact) mass is 314 g/mol. The van der Waals surface area contributed by atoms with Crippen molar-refractivity contribution >= 4 is 0 Å². The average molecular weight is 314 g/mol. The van der Waals surface area contributed by atoms with Gasteiger partial charge in [0.1, 0.15) is 24.7 Å². The molecule has 0 aliphatic carbocycles. The lowest BCUT2D eigenvalue weighted by Crippen LogP contribution is -2.12. The number of nitrogens with two attached hydrogens (primary N) is 2. The summed E-state index contributed by atoms with van der Waals surface area (Å²) in [5, 5.41) is 0. The Morgan fingerprint density at radius 3 is 1.57 bits per heavy atom. The van der Waals surface area contributed by atoms with Gasteiger partial charge in [-0.15, -0.1) is 0 Å². The zero-order chi connectivity index (χ0) is 16.7. The standard InChI is InChI=1S/C19H26N2O2/c1-14-3-5-18(22-9-7-20)16(11-14)13-17-12-15(2)4-6-19(17)23-10-8-21/h3-6,11-12H,7-10,13,20-21H2,1-2H3. The Hall–Kier alpha value is -2.04. The minimum atomic E-state index is 0.503. The molecule has 0 radical (unpaired) electrons. The third-order valence-corrected chi connectivity index (χ3v) is 3.56. The van der Waals surface area contributed by atoms with E-state index < -0.39 is 0 Å². The lowest BCUT2D eigenvalue weighted by molar-refractivity contribution is 0.321. The SMILES string of the molecule is Cc1ccc(OCCN)c(Cc2cc(C)ccc2OCCN)c1. The molecule has 0 aliphatic rings. The number of rotatable bonds is 8. The predicted octanol–water partition coefficient (Wildman–Crippen LogP) is 2.57. The maximum atomic E-state index is 5.78. The van der Waals surface area contributed by atoms with Crippen LogP contribution in [-0.2, 0) is 6.42 Å². The van der Waals surface area contributed by atoms with Crippen LogP contribution in [0.15, 0.2) is 36.4 Å². The molecule has 0 aromatic heterocycles. The summed E-state index contributed by atoms with van der Waals surface area (Å²) in [4.78, 5) is 0. The summed E-state index contributed by atoms with van der Waals surface area (Å²) in [6.45, 7) is 6.20. The highest BCUT2D eigenvalue weighted by molar-refractivity contribution is 5.45. The molecule has 4 nitrogen and oxygen atoms in total. The maximum Gasteiger partial charge on any atom is 0.122 e. The lowest BCUT2D eigenvalue weighted by Gasteiger charge is -2.15. The number of hydrogen-bond donors (Lipinski definition) is 2. The molecule has 4 heteroatoms. The molecule has 0 atom stereocenters. The van der Waals surface area contributed by atoms with Gasteiger partial charge in [0.25, 0.3) is 0 Å². The Kier molecular flexibility index (Phi) is 6.44. The van der Waals surface area contributed by atoms with Gasteiger partial charge in [-0.05, 0) is 37.1 Å². The molecular formula is C19H26N2O2. The summed E-state index contributed by atoms with van der Waals surface area (Å²) in [6.07, 6.45) is 0.753. The van der Waals surface area contributed by atoms with Gasteiger partial charge in [-0.2, -0.15) is 0 Å². The third-order valence-electron chi connectivity index (χ3n) is 3.56. The Balaban J connectivity index is 2.30. The fourth-order valence-corrected chi connectivity index (χ4v) is 2.52. The van der Waals surface area contributed by atoms with Crippen molar-refractivity contribution in [3.05, 3.63) is 58.7 Å². The van der Waals surface area contributed by atoms with Crippen LogP contribution in [0, 0.1) is 13.8 Å². The minimum absolute atomic E-state index is 0.503. The van der Waals surface area contributed by atoms with Crippen LogP contribution >= 0.6 is 0 Å². The van der Waals surface area contributed by atoms with Crippen LogP contribution in [0.2, 0.25) is 0 Å². The molecule has 2 aromatic rings. The van der Waals surface area contributed by atoms with Crippen molar-refractivity contribution < 1.29 is 9.47 Å². The molecule has 124 valence electrons. The molecule has 0 saturated heterocycles. The first-order valence-corrected chi connectivity index (χ1v) is 7.99. The van der Waals surface area contributed by atoms with Crippen LogP contribution in [0.1, 0.15) is 22.3 Å². The first-order valence-electron chi connectivity index (χ1n) is 7.99. The van der Waals surface area contributed by atoms with E-state index in [1.54, 1.807) is 0 Å². The molecule has 0 saturated carbocycles. The summed E-state index contributed by atoms with van der Waals surface area (Å²) < 4.78 is 11.6. The Bertz CT molecular complexity index is 586. The molecule has 0 spiro atoms. The minimum Gasteiger partial charge on any atom is -0.492 e. The molecule has 0 heterocycles. The Labute approximate surface area is 138 Å². The third kappa shape index (κ3) is 4.98. The molecule has 0 bridgehead atoms. The second kappa shape index (κ2) is 8.56. The van der Waals surface area contributed by atoms with E-state index in [0.717, 1.165) is 29.0 Å². The first kappa shape index (κ1) is 17.3. The van der Waals surface area contributed by atoms with Gasteiger partial charge >= 0.3 is 0 Å². The number of hydrogen-bond acceptors (Lipinski definition) is 4. The summed E-state index contributed by atoms with van der Waals surface area (Å²) in [5.41, 5.74) is 15.8. The van der Waals surface area contributed by atoms with E-state index in [2.05, 4.69) is 38.1 Å². The van der Waals surface area contributed by atoms with Crippen LogP contribution in [0.4, 0.5) is 0 Å².